The highest BCUT2D eigenvalue weighted by Gasteiger charge is 2.45. The smallest absolute Gasteiger partial charge is 0.144 e. The van der Waals surface area contributed by atoms with Crippen LogP contribution in [0.5, 0.6) is 0 Å². The van der Waals surface area contributed by atoms with Crippen molar-refractivity contribution in [1.82, 2.24) is 5.16 Å². The molecule has 80 valence electrons. The van der Waals surface area contributed by atoms with Gasteiger partial charge in [-0.05, 0) is 32.1 Å². The fourth-order valence-corrected chi connectivity index (χ4v) is 2.80. The van der Waals surface area contributed by atoms with Gasteiger partial charge in [0.25, 0.3) is 0 Å². The average Bonchev–Trinajstić information content (AvgIpc) is 2.93. The first-order valence-electron chi connectivity index (χ1n) is 5.95. The van der Waals surface area contributed by atoms with E-state index in [2.05, 4.69) is 25.1 Å². The molecule has 15 heavy (non-hydrogen) atoms. The van der Waals surface area contributed by atoms with Crippen molar-refractivity contribution < 1.29 is 4.52 Å². The molecule has 0 N–H and O–H groups in total. The van der Waals surface area contributed by atoms with Crippen LogP contribution in [-0.4, -0.2) is 5.16 Å². The molecule has 3 rings (SSSR count). The van der Waals surface area contributed by atoms with Gasteiger partial charge in [-0.1, -0.05) is 30.2 Å². The van der Waals surface area contributed by atoms with Crippen molar-refractivity contribution in [3.8, 4) is 0 Å². The molecule has 1 saturated carbocycles. The van der Waals surface area contributed by atoms with E-state index in [9.17, 15) is 0 Å². The number of nitrogens with zero attached hydrogens (tertiary/aromatic N) is 1. The lowest BCUT2D eigenvalue weighted by atomic mass is 10.0. The topological polar surface area (TPSA) is 26.0 Å². The fraction of sp³-hybridized carbons (Fsp3) is 0.615. The van der Waals surface area contributed by atoms with E-state index in [1.165, 1.54) is 30.6 Å². The first-order chi connectivity index (χ1) is 7.31. The molecule has 0 aromatic carbocycles. The minimum Gasteiger partial charge on any atom is -0.361 e. The Balaban J connectivity index is 1.95. The molecule has 0 aliphatic heterocycles. The molecule has 0 spiro atoms. The van der Waals surface area contributed by atoms with Gasteiger partial charge in [0.2, 0.25) is 0 Å². The number of hydrogen-bond acceptors (Lipinski definition) is 2. The molecule has 2 nitrogen and oxygen atoms in total. The average molecular weight is 203 g/mol. The van der Waals surface area contributed by atoms with Gasteiger partial charge in [-0.3, -0.25) is 0 Å². The summed E-state index contributed by atoms with van der Waals surface area (Å²) in [5.41, 5.74) is 4.10. The summed E-state index contributed by atoms with van der Waals surface area (Å²) in [6, 6.07) is 0. The minimum atomic E-state index is 0.654. The molecular formula is C13H17NO. The molecule has 2 aliphatic carbocycles. The molecule has 2 unspecified atom stereocenters. The summed E-state index contributed by atoms with van der Waals surface area (Å²) >= 11 is 0. The van der Waals surface area contributed by atoms with Crippen LogP contribution in [0.25, 0.3) is 0 Å². The Morgan fingerprint density at radius 1 is 1.47 bits per heavy atom. The van der Waals surface area contributed by atoms with Crippen LogP contribution >= 0.6 is 0 Å². The zero-order valence-electron chi connectivity index (χ0n) is 9.42. The third-order valence-corrected chi connectivity index (χ3v) is 3.73. The second kappa shape index (κ2) is 3.22. The number of fused-ring (bicyclic) bond motifs is 3. The fourth-order valence-electron chi connectivity index (χ4n) is 2.80. The van der Waals surface area contributed by atoms with Crippen LogP contribution in [0.4, 0.5) is 0 Å². The number of aromatic nitrogens is 1. The van der Waals surface area contributed by atoms with E-state index in [-0.39, 0.29) is 0 Å². The number of aryl methyl sites for hydroxylation is 1. The van der Waals surface area contributed by atoms with E-state index in [1.54, 1.807) is 5.57 Å². The molecule has 2 aliphatic rings. The van der Waals surface area contributed by atoms with Crippen LogP contribution in [0.2, 0.25) is 0 Å². The van der Waals surface area contributed by atoms with Crippen molar-refractivity contribution in [3.63, 3.8) is 0 Å². The first kappa shape index (κ1) is 9.20. The van der Waals surface area contributed by atoms with Gasteiger partial charge in [0, 0.05) is 11.5 Å². The van der Waals surface area contributed by atoms with Crippen molar-refractivity contribution in [2.75, 3.05) is 0 Å². The van der Waals surface area contributed by atoms with Gasteiger partial charge in [-0.2, -0.15) is 0 Å². The Labute approximate surface area is 90.3 Å². The van der Waals surface area contributed by atoms with Gasteiger partial charge in [-0.25, -0.2) is 0 Å². The summed E-state index contributed by atoms with van der Waals surface area (Å²) in [6.07, 6.45) is 7.26. The zero-order chi connectivity index (χ0) is 10.4. The van der Waals surface area contributed by atoms with E-state index >= 15 is 0 Å². The van der Waals surface area contributed by atoms with Crippen LogP contribution in [-0.2, 0) is 6.42 Å². The van der Waals surface area contributed by atoms with Gasteiger partial charge in [0.15, 0.2) is 0 Å². The quantitative estimate of drug-likeness (QED) is 0.689. The van der Waals surface area contributed by atoms with E-state index in [1.807, 2.05) is 0 Å². The van der Waals surface area contributed by atoms with Crippen LogP contribution in [0.15, 0.2) is 16.2 Å². The van der Waals surface area contributed by atoms with Gasteiger partial charge in [0.1, 0.15) is 5.76 Å². The van der Waals surface area contributed by atoms with Crippen LogP contribution in [0.1, 0.15) is 49.1 Å². The minimum absolute atomic E-state index is 0.654. The summed E-state index contributed by atoms with van der Waals surface area (Å²) in [7, 11) is 0. The molecule has 0 amide bonds. The highest BCUT2D eigenvalue weighted by molar-refractivity contribution is 5.38. The maximum Gasteiger partial charge on any atom is 0.144 e. The maximum absolute atomic E-state index is 5.46. The standard InChI is InChI=1S/C13H17NO/c1-3-4-9-5-6-10-8(2)14-15-13(10)12-7-11(9)12/h5,11-12H,3-4,6-7H2,1-2H3. The van der Waals surface area contributed by atoms with E-state index < -0.39 is 0 Å². The highest BCUT2D eigenvalue weighted by Crippen LogP contribution is 2.55. The van der Waals surface area contributed by atoms with Gasteiger partial charge in [0.05, 0.1) is 5.69 Å². The van der Waals surface area contributed by atoms with E-state index in [0.29, 0.717) is 5.92 Å². The molecule has 0 radical (unpaired) electrons. The van der Waals surface area contributed by atoms with Crippen LogP contribution < -0.4 is 0 Å². The molecule has 0 saturated heterocycles. The van der Waals surface area contributed by atoms with Crippen molar-refractivity contribution in [3.05, 3.63) is 28.7 Å². The Hall–Kier alpha value is -1.05. The first-order valence-corrected chi connectivity index (χ1v) is 5.95. The van der Waals surface area contributed by atoms with Crippen LogP contribution in [0.3, 0.4) is 0 Å². The summed E-state index contributed by atoms with van der Waals surface area (Å²) in [4.78, 5) is 0. The molecule has 1 fully saturated rings. The molecule has 2 atom stereocenters. The lowest BCUT2D eigenvalue weighted by molar-refractivity contribution is 0.377. The second-order valence-corrected chi connectivity index (χ2v) is 4.79. The van der Waals surface area contributed by atoms with Crippen molar-refractivity contribution in [1.29, 1.82) is 0 Å². The molecular weight excluding hydrogens is 186 g/mol. The zero-order valence-corrected chi connectivity index (χ0v) is 9.42. The van der Waals surface area contributed by atoms with Gasteiger partial charge in [-0.15, -0.1) is 0 Å². The third kappa shape index (κ3) is 1.35. The number of allylic oxidation sites excluding steroid dienone is 2. The van der Waals surface area contributed by atoms with Gasteiger partial charge < -0.3 is 4.52 Å². The van der Waals surface area contributed by atoms with Crippen LogP contribution in [0, 0.1) is 12.8 Å². The monoisotopic (exact) mass is 203 g/mol. The SMILES string of the molecule is CCCC1=CCc2c(C)noc2C2CC12. The predicted molar refractivity (Wildman–Crippen MR) is 58.8 cm³/mol. The van der Waals surface area contributed by atoms with Crippen molar-refractivity contribution in [2.24, 2.45) is 5.92 Å². The number of hydrogen-bond donors (Lipinski definition) is 0. The Morgan fingerprint density at radius 3 is 3.13 bits per heavy atom. The van der Waals surface area contributed by atoms with E-state index in [0.717, 1.165) is 18.0 Å². The Kier molecular flexibility index (Phi) is 1.98. The summed E-state index contributed by atoms with van der Waals surface area (Å²) in [6.45, 7) is 4.31. The maximum atomic E-state index is 5.46. The lowest BCUT2D eigenvalue weighted by Gasteiger charge is -2.01. The Bertz CT molecular complexity index is 416. The molecule has 2 heteroatoms. The van der Waals surface area contributed by atoms with Crippen molar-refractivity contribution in [2.45, 2.75) is 45.4 Å². The summed E-state index contributed by atoms with van der Waals surface area (Å²) < 4.78 is 5.46. The van der Waals surface area contributed by atoms with Gasteiger partial charge >= 0.3 is 0 Å². The molecule has 0 bridgehead atoms. The number of rotatable bonds is 2. The lowest BCUT2D eigenvalue weighted by Crippen LogP contribution is -1.87. The predicted octanol–water partition coefficient (Wildman–Crippen LogP) is 3.37. The highest BCUT2D eigenvalue weighted by atomic mass is 16.5. The van der Waals surface area contributed by atoms with E-state index in [4.69, 9.17) is 4.52 Å². The summed E-state index contributed by atoms with van der Waals surface area (Å²) in [5, 5.41) is 4.08. The molecule has 1 aromatic rings. The Morgan fingerprint density at radius 2 is 2.33 bits per heavy atom. The third-order valence-electron chi connectivity index (χ3n) is 3.73. The largest absolute Gasteiger partial charge is 0.361 e. The summed E-state index contributed by atoms with van der Waals surface area (Å²) in [5.74, 6) is 2.61. The molecule has 1 heterocycles. The van der Waals surface area contributed by atoms with Crippen molar-refractivity contribution >= 4 is 0 Å². The second-order valence-electron chi connectivity index (χ2n) is 4.79. The molecule has 1 aromatic heterocycles. The normalized spacial score (nSPS) is 27.7.